The Morgan fingerprint density at radius 3 is 2.59 bits per heavy atom. The number of ether oxygens (including phenoxy) is 2. The fraction of sp³-hybridized carbons (Fsp3) is 0.520. The van der Waals surface area contributed by atoms with Crippen LogP contribution in [0.15, 0.2) is 41.2 Å². The van der Waals surface area contributed by atoms with Gasteiger partial charge in [-0.2, -0.15) is 0 Å². The normalized spacial score (nSPS) is 14.4. The molecule has 32 heavy (non-hydrogen) atoms. The number of methoxy groups -OCH3 is 1. The van der Waals surface area contributed by atoms with E-state index in [1.165, 1.54) is 5.56 Å². The summed E-state index contributed by atoms with van der Waals surface area (Å²) in [6.45, 7) is 7.67. The van der Waals surface area contributed by atoms with Crippen molar-refractivity contribution in [3.05, 3.63) is 69.1 Å². The van der Waals surface area contributed by atoms with E-state index in [0.29, 0.717) is 12.2 Å². The van der Waals surface area contributed by atoms with Crippen molar-refractivity contribution in [1.29, 1.82) is 0 Å². The van der Waals surface area contributed by atoms with E-state index in [1.54, 1.807) is 13.2 Å². The maximum absolute atomic E-state index is 13.0. The van der Waals surface area contributed by atoms with Gasteiger partial charge < -0.3 is 19.4 Å². The van der Waals surface area contributed by atoms with Crippen LogP contribution in [0.2, 0.25) is 0 Å². The number of hydrogen-bond acceptors (Lipinski definition) is 5. The van der Waals surface area contributed by atoms with Crippen LogP contribution in [0.25, 0.3) is 0 Å². The molecule has 1 fully saturated rings. The molecule has 1 aliphatic heterocycles. The molecule has 0 radical (unpaired) electrons. The maximum atomic E-state index is 13.0. The van der Waals surface area contributed by atoms with Crippen molar-refractivity contribution in [3.63, 3.8) is 0 Å². The Bertz CT molecular complexity index is 921. The van der Waals surface area contributed by atoms with Gasteiger partial charge >= 0.3 is 0 Å². The number of aromatic nitrogens is 1. The van der Waals surface area contributed by atoms with E-state index < -0.39 is 0 Å². The van der Waals surface area contributed by atoms with Crippen molar-refractivity contribution in [3.8, 4) is 0 Å². The third-order valence-electron chi connectivity index (χ3n) is 5.87. The summed E-state index contributed by atoms with van der Waals surface area (Å²) in [5.74, 6) is -0.319. The van der Waals surface area contributed by atoms with E-state index in [4.69, 9.17) is 9.47 Å². The quantitative estimate of drug-likeness (QED) is 0.542. The number of rotatable bonds is 11. The first kappa shape index (κ1) is 24.2. The predicted molar refractivity (Wildman–Crippen MR) is 125 cm³/mol. The molecule has 1 aromatic carbocycles. The van der Waals surface area contributed by atoms with E-state index in [0.717, 1.165) is 64.3 Å². The number of benzene rings is 1. The molecule has 3 rings (SSSR count). The highest BCUT2D eigenvalue weighted by atomic mass is 16.5. The summed E-state index contributed by atoms with van der Waals surface area (Å²) in [7, 11) is 1.59. The van der Waals surface area contributed by atoms with Crippen LogP contribution in [0, 0.1) is 6.92 Å². The van der Waals surface area contributed by atoms with Crippen molar-refractivity contribution in [2.75, 3.05) is 46.5 Å². The topological polar surface area (TPSA) is 72.8 Å². The number of carbonyl (C=O) groups excluding carboxylic acids is 1. The highest BCUT2D eigenvalue weighted by Crippen LogP contribution is 2.13. The zero-order valence-electron chi connectivity index (χ0n) is 19.3. The third-order valence-corrected chi connectivity index (χ3v) is 5.87. The Kier molecular flexibility index (Phi) is 9.46. The Balaban J connectivity index is 1.65. The fourth-order valence-electron chi connectivity index (χ4n) is 4.17. The zero-order valence-corrected chi connectivity index (χ0v) is 19.3. The van der Waals surface area contributed by atoms with Gasteiger partial charge in [-0.25, -0.2) is 0 Å². The van der Waals surface area contributed by atoms with Crippen LogP contribution in [0.5, 0.6) is 0 Å². The van der Waals surface area contributed by atoms with E-state index in [-0.39, 0.29) is 23.5 Å². The number of nitrogens with one attached hydrogen (secondary N) is 1. The van der Waals surface area contributed by atoms with Gasteiger partial charge in [-0.05, 0) is 38.3 Å². The average molecular weight is 442 g/mol. The molecule has 174 valence electrons. The van der Waals surface area contributed by atoms with Crippen LogP contribution < -0.4 is 10.7 Å². The largest absolute Gasteiger partial charge is 0.379 e. The van der Waals surface area contributed by atoms with Gasteiger partial charge in [0.15, 0.2) is 5.43 Å². The first-order chi connectivity index (χ1) is 15.6. The summed E-state index contributed by atoms with van der Waals surface area (Å²) in [4.78, 5) is 28.0. The molecule has 1 N–H and O–H groups in total. The van der Waals surface area contributed by atoms with Crippen LogP contribution in [-0.4, -0.2) is 61.9 Å². The lowest BCUT2D eigenvalue weighted by atomic mass is 10.1. The Morgan fingerprint density at radius 1 is 1.12 bits per heavy atom. The molecule has 0 unspecified atom stereocenters. The molecule has 1 aromatic heterocycles. The average Bonchev–Trinajstić information content (AvgIpc) is 2.80. The van der Waals surface area contributed by atoms with Crippen molar-refractivity contribution in [2.24, 2.45) is 0 Å². The number of morpholine rings is 1. The van der Waals surface area contributed by atoms with Gasteiger partial charge in [0.25, 0.3) is 5.91 Å². The molecule has 2 aromatic rings. The first-order valence-electron chi connectivity index (χ1n) is 11.4. The van der Waals surface area contributed by atoms with Crippen molar-refractivity contribution in [2.45, 2.75) is 39.3 Å². The van der Waals surface area contributed by atoms with E-state index in [1.807, 2.05) is 25.1 Å². The minimum absolute atomic E-state index is 0.198. The standard InChI is InChI=1S/C25H35N3O4/c1-20-18-23(29)24(25(30)26-11-7-12-27-14-16-32-17-15-27)22(19-31-2)28(20)13-6-10-21-8-4-3-5-9-21/h3-5,8-9,18H,6-7,10-17,19H2,1-2H3,(H,26,30). The third kappa shape index (κ3) is 6.76. The molecule has 1 amide bonds. The maximum Gasteiger partial charge on any atom is 0.257 e. The van der Waals surface area contributed by atoms with E-state index in [2.05, 4.69) is 26.9 Å². The highest BCUT2D eigenvalue weighted by molar-refractivity contribution is 5.95. The second-order valence-electron chi connectivity index (χ2n) is 8.21. The van der Waals surface area contributed by atoms with Gasteiger partial charge in [0.2, 0.25) is 0 Å². The fourth-order valence-corrected chi connectivity index (χ4v) is 4.17. The number of carbonyl (C=O) groups is 1. The van der Waals surface area contributed by atoms with E-state index >= 15 is 0 Å². The molecule has 2 heterocycles. The van der Waals surface area contributed by atoms with Crippen molar-refractivity contribution < 1.29 is 14.3 Å². The van der Waals surface area contributed by atoms with Gasteiger partial charge in [0.05, 0.1) is 25.5 Å². The number of pyridine rings is 1. The number of aryl methyl sites for hydroxylation is 2. The van der Waals surface area contributed by atoms with Gasteiger partial charge in [-0.3, -0.25) is 14.5 Å². The molecular formula is C25H35N3O4. The molecule has 0 spiro atoms. The van der Waals surface area contributed by atoms with Gasteiger partial charge in [-0.15, -0.1) is 0 Å². The lowest BCUT2D eigenvalue weighted by Crippen LogP contribution is -2.38. The molecule has 1 aliphatic rings. The Labute approximate surface area is 190 Å². The minimum Gasteiger partial charge on any atom is -0.379 e. The number of nitrogens with zero attached hydrogens (tertiary/aromatic N) is 2. The second kappa shape index (κ2) is 12.5. The summed E-state index contributed by atoms with van der Waals surface area (Å²) in [6, 6.07) is 11.9. The molecular weight excluding hydrogens is 406 g/mol. The summed E-state index contributed by atoms with van der Waals surface area (Å²) >= 11 is 0. The zero-order chi connectivity index (χ0) is 22.8. The first-order valence-corrected chi connectivity index (χ1v) is 11.4. The van der Waals surface area contributed by atoms with Crippen LogP contribution >= 0.6 is 0 Å². The number of hydrogen-bond donors (Lipinski definition) is 1. The monoisotopic (exact) mass is 441 g/mol. The molecule has 7 heteroatoms. The van der Waals surface area contributed by atoms with Crippen LogP contribution in [0.1, 0.15) is 40.2 Å². The van der Waals surface area contributed by atoms with Gasteiger partial charge in [0.1, 0.15) is 5.56 Å². The lowest BCUT2D eigenvalue weighted by Gasteiger charge is -2.26. The highest BCUT2D eigenvalue weighted by Gasteiger charge is 2.20. The predicted octanol–water partition coefficient (Wildman–Crippen LogP) is 2.39. The van der Waals surface area contributed by atoms with Gasteiger partial charge in [0, 0.05) is 45.0 Å². The van der Waals surface area contributed by atoms with E-state index in [9.17, 15) is 9.59 Å². The Hall–Kier alpha value is -2.48. The molecule has 0 bridgehead atoms. The second-order valence-corrected chi connectivity index (χ2v) is 8.21. The molecule has 0 atom stereocenters. The summed E-state index contributed by atoms with van der Waals surface area (Å²) in [5, 5.41) is 2.94. The molecule has 0 aliphatic carbocycles. The SMILES string of the molecule is COCc1c(C(=O)NCCCN2CCOCC2)c(=O)cc(C)n1CCCc1ccccc1. The molecule has 0 saturated carbocycles. The minimum atomic E-state index is -0.319. The van der Waals surface area contributed by atoms with Crippen LogP contribution in [0.3, 0.4) is 0 Å². The summed E-state index contributed by atoms with van der Waals surface area (Å²) in [5.41, 5.74) is 2.72. The van der Waals surface area contributed by atoms with Crippen molar-refractivity contribution >= 4 is 5.91 Å². The van der Waals surface area contributed by atoms with Crippen LogP contribution in [0.4, 0.5) is 0 Å². The molecule has 1 saturated heterocycles. The van der Waals surface area contributed by atoms with Crippen molar-refractivity contribution in [1.82, 2.24) is 14.8 Å². The lowest BCUT2D eigenvalue weighted by molar-refractivity contribution is 0.0374. The smallest absolute Gasteiger partial charge is 0.257 e. The molecule has 7 nitrogen and oxygen atoms in total. The summed E-state index contributed by atoms with van der Waals surface area (Å²) in [6.07, 6.45) is 2.68. The Morgan fingerprint density at radius 2 is 1.88 bits per heavy atom. The number of amides is 1. The van der Waals surface area contributed by atoms with Gasteiger partial charge in [-0.1, -0.05) is 30.3 Å². The van der Waals surface area contributed by atoms with Crippen LogP contribution in [-0.2, 0) is 29.0 Å². The summed E-state index contributed by atoms with van der Waals surface area (Å²) < 4.78 is 12.8.